The van der Waals surface area contributed by atoms with E-state index in [1.165, 1.54) is 82.5 Å². The molecule has 1 N–H and O–H groups in total. The highest BCUT2D eigenvalue weighted by molar-refractivity contribution is 7.54. The molecule has 3 aromatic rings. The van der Waals surface area contributed by atoms with E-state index in [0.29, 0.717) is 36.9 Å². The van der Waals surface area contributed by atoms with Gasteiger partial charge in [-0.05, 0) is 102 Å². The number of rotatable bonds is 12. The van der Waals surface area contributed by atoms with Crippen molar-refractivity contribution in [1.29, 1.82) is 0 Å². The maximum Gasteiger partial charge on any atom is 0.410 e. The highest BCUT2D eigenvalue weighted by Gasteiger charge is 2.56. The van der Waals surface area contributed by atoms with Crippen LogP contribution in [0.1, 0.15) is 83.7 Å². The number of nitrogens with one attached hydrogen (secondary N) is 1. The minimum absolute atomic E-state index is 0.0596. The molecule has 2 aliphatic rings. The Morgan fingerprint density at radius 3 is 1.97 bits per heavy atom. The van der Waals surface area contributed by atoms with Gasteiger partial charge in [-0.1, -0.05) is 36.4 Å². The van der Waals surface area contributed by atoms with Crippen molar-refractivity contribution in [3.63, 3.8) is 0 Å². The summed E-state index contributed by atoms with van der Waals surface area (Å²) >= 11 is 0. The van der Waals surface area contributed by atoms with Gasteiger partial charge in [-0.15, -0.1) is 0 Å². The predicted molar refractivity (Wildman–Crippen MR) is 220 cm³/mol. The average Bonchev–Trinajstić information content (AvgIpc) is 3.62. The van der Waals surface area contributed by atoms with E-state index in [1.54, 1.807) is 36.2 Å². The number of hydrogen-bond acceptors (Lipinski definition) is 11. The van der Waals surface area contributed by atoms with Crippen molar-refractivity contribution in [1.82, 2.24) is 15.1 Å². The van der Waals surface area contributed by atoms with E-state index in [-0.39, 0.29) is 35.4 Å². The normalized spacial score (nSPS) is 18.8. The van der Waals surface area contributed by atoms with Crippen molar-refractivity contribution in [2.75, 3.05) is 38.6 Å². The number of halogens is 2. The summed E-state index contributed by atoms with van der Waals surface area (Å²) < 4.78 is 66.1. The van der Waals surface area contributed by atoms with Gasteiger partial charge in [-0.2, -0.15) is 8.78 Å². The molecule has 2 aliphatic heterocycles. The number of fused-ring (bicyclic) bond motifs is 2. The van der Waals surface area contributed by atoms with Crippen molar-refractivity contribution in [2.45, 2.75) is 91.5 Å². The number of benzene rings is 3. The van der Waals surface area contributed by atoms with Gasteiger partial charge in [0.05, 0.1) is 10.8 Å². The first kappa shape index (κ1) is 46.8. The average molecular weight is 871 g/mol. The zero-order valence-corrected chi connectivity index (χ0v) is 36.5. The molecular formula is C43H53F2N4O11P. The molecule has 5 rings (SSSR count). The number of para-hydroxylation sites is 1. The number of amides is 4. The number of carbonyl (C=O) groups is 6. The van der Waals surface area contributed by atoms with E-state index >= 15 is 8.78 Å². The zero-order valence-electron chi connectivity index (χ0n) is 35.6. The number of nitrogens with zero attached hydrogens (tertiary/aromatic N) is 3. The third-order valence-electron chi connectivity index (χ3n) is 10.5. The van der Waals surface area contributed by atoms with Gasteiger partial charge < -0.3 is 29.5 Å². The Bertz CT molecular complexity index is 2170. The van der Waals surface area contributed by atoms with Crippen molar-refractivity contribution >= 4 is 59.6 Å². The first-order valence-corrected chi connectivity index (χ1v) is 21.4. The number of esters is 2. The summed E-state index contributed by atoms with van der Waals surface area (Å²) in [6, 6.07) is 14.0. The summed E-state index contributed by atoms with van der Waals surface area (Å²) in [5.74, 6) is -3.42. The topological polar surface area (TPSA) is 178 Å². The lowest BCUT2D eigenvalue weighted by atomic mass is 9.98. The van der Waals surface area contributed by atoms with Crippen molar-refractivity contribution < 1.29 is 60.6 Å². The SMILES string of the molecule is CC(=O)N1CC[C@H]2CC[C@@H](C(=O)N(C)c3ccccc3)N2C(=O)C(NC(=O)c2ccc3cc(C(F)(F)P(=O)(OCOC(=O)C(C)(C)C)OCOC(=O)C(C)(C)C)ccc3c2)C1. The van der Waals surface area contributed by atoms with E-state index in [2.05, 4.69) is 5.32 Å². The minimum atomic E-state index is -5.59. The lowest BCUT2D eigenvalue weighted by molar-refractivity contribution is -0.163. The van der Waals surface area contributed by atoms with Crippen LogP contribution in [0.2, 0.25) is 0 Å². The highest BCUT2D eigenvalue weighted by Crippen LogP contribution is 2.67. The number of anilines is 1. The van der Waals surface area contributed by atoms with E-state index in [9.17, 15) is 33.3 Å². The van der Waals surface area contributed by atoms with Crippen LogP contribution in [0.15, 0.2) is 66.7 Å². The molecule has 2 fully saturated rings. The second-order valence-electron chi connectivity index (χ2n) is 17.2. The van der Waals surface area contributed by atoms with Gasteiger partial charge in [0.25, 0.3) is 5.91 Å². The Balaban J connectivity index is 1.38. The summed E-state index contributed by atoms with van der Waals surface area (Å²) in [4.78, 5) is 83.7. The Morgan fingerprint density at radius 1 is 0.820 bits per heavy atom. The van der Waals surface area contributed by atoms with Crippen LogP contribution in [0.3, 0.4) is 0 Å². The first-order valence-electron chi connectivity index (χ1n) is 19.8. The third kappa shape index (κ3) is 10.6. The number of likely N-dealkylation sites (N-methyl/N-ethyl adjacent to an activating group) is 1. The standard InChI is InChI=1S/C43H53F2N4O11P/c1-27(50)48-21-20-33-18-19-35(38(53)47(8)32-12-10-9-11-13-32)49(33)37(52)34(24-48)46-36(51)30-15-14-29-23-31(17-16-28(29)22-30)43(44,45)61(56,59-25-57-39(54)41(2,3)4)60-26-58-40(55)42(5,6)7/h9-17,22-23,33-35H,18-21,24-26H2,1-8H3,(H,46,51)/t33-,34?,35+/m1/s1. The summed E-state index contributed by atoms with van der Waals surface area (Å²) in [5.41, 5.74) is -6.55. The fourth-order valence-electron chi connectivity index (χ4n) is 6.92. The number of hydrogen-bond donors (Lipinski definition) is 1. The first-order chi connectivity index (χ1) is 28.4. The zero-order chi connectivity index (χ0) is 45.1. The van der Waals surface area contributed by atoms with E-state index in [0.717, 1.165) is 12.1 Å². The second kappa shape index (κ2) is 18.4. The van der Waals surface area contributed by atoms with Crippen molar-refractivity contribution in [3.8, 4) is 0 Å². The molecule has 1 unspecified atom stereocenters. The lowest BCUT2D eigenvalue weighted by Gasteiger charge is -2.39. The Labute approximate surface area is 353 Å². The van der Waals surface area contributed by atoms with Crippen molar-refractivity contribution in [3.05, 3.63) is 77.9 Å². The minimum Gasteiger partial charge on any atom is -0.438 e. The maximum absolute atomic E-state index is 16.3. The molecule has 61 heavy (non-hydrogen) atoms. The fourth-order valence-corrected chi connectivity index (χ4v) is 8.15. The molecule has 2 heterocycles. The van der Waals surface area contributed by atoms with E-state index < -0.39 is 79.1 Å². The lowest BCUT2D eigenvalue weighted by Crippen LogP contribution is -2.61. The van der Waals surface area contributed by atoms with Gasteiger partial charge in [0.1, 0.15) is 12.1 Å². The molecule has 0 spiro atoms. The molecular weight excluding hydrogens is 817 g/mol. The van der Waals surface area contributed by atoms with Crippen LogP contribution < -0.4 is 10.2 Å². The van der Waals surface area contributed by atoms with Gasteiger partial charge in [-0.25, -0.2) is 0 Å². The fraction of sp³-hybridized carbons (Fsp3) is 0.488. The largest absolute Gasteiger partial charge is 0.438 e. The van der Waals surface area contributed by atoms with Crippen LogP contribution >= 0.6 is 7.60 Å². The molecule has 18 heteroatoms. The van der Waals surface area contributed by atoms with Gasteiger partial charge >= 0.3 is 25.2 Å². The molecule has 2 saturated heterocycles. The Hall–Kier alpha value is -5.25. The molecule has 0 aromatic heterocycles. The number of alkyl halides is 2. The summed E-state index contributed by atoms with van der Waals surface area (Å²) in [7, 11) is -3.95. The summed E-state index contributed by atoms with van der Waals surface area (Å²) in [6.45, 7) is 8.34. The molecule has 4 amide bonds. The van der Waals surface area contributed by atoms with Gasteiger partial charge in [0.15, 0.2) is 0 Å². The molecule has 0 saturated carbocycles. The molecule has 330 valence electrons. The van der Waals surface area contributed by atoms with Crippen molar-refractivity contribution in [2.24, 2.45) is 10.8 Å². The molecule has 15 nitrogen and oxygen atoms in total. The predicted octanol–water partition coefficient (Wildman–Crippen LogP) is 6.58. The van der Waals surface area contributed by atoms with Crippen LogP contribution in [0, 0.1) is 10.8 Å². The molecule has 3 atom stereocenters. The quantitative estimate of drug-likeness (QED) is 0.118. The van der Waals surface area contributed by atoms with Crippen LogP contribution in [-0.2, 0) is 52.7 Å². The van der Waals surface area contributed by atoms with E-state index in [4.69, 9.17) is 18.5 Å². The van der Waals surface area contributed by atoms with Gasteiger partial charge in [0, 0.05) is 49.9 Å². The van der Waals surface area contributed by atoms with E-state index in [1.807, 2.05) is 6.07 Å². The summed E-state index contributed by atoms with van der Waals surface area (Å²) in [5, 5.41) is 3.25. The van der Waals surface area contributed by atoms with Gasteiger partial charge in [0.2, 0.25) is 31.3 Å². The Morgan fingerprint density at radius 2 is 1.39 bits per heavy atom. The Kier molecular flexibility index (Phi) is 14.1. The smallest absolute Gasteiger partial charge is 0.410 e. The molecule has 0 bridgehead atoms. The monoisotopic (exact) mass is 870 g/mol. The van der Waals surface area contributed by atoms with Crippen LogP contribution in [0.4, 0.5) is 14.5 Å². The van der Waals surface area contributed by atoms with Crippen LogP contribution in [0.25, 0.3) is 10.8 Å². The van der Waals surface area contributed by atoms with Crippen LogP contribution in [-0.4, -0.2) is 97.2 Å². The van der Waals surface area contributed by atoms with Crippen LogP contribution in [0.5, 0.6) is 0 Å². The van der Waals surface area contributed by atoms with Gasteiger partial charge in [-0.3, -0.25) is 42.4 Å². The summed E-state index contributed by atoms with van der Waals surface area (Å²) in [6.07, 6.45) is 1.40. The highest BCUT2D eigenvalue weighted by atomic mass is 31.2. The molecule has 0 aliphatic carbocycles. The number of ether oxygens (including phenoxy) is 2. The number of carbonyl (C=O) groups excluding carboxylic acids is 6. The molecule has 0 radical (unpaired) electrons. The second-order valence-corrected chi connectivity index (χ2v) is 19.3. The maximum atomic E-state index is 16.3. The third-order valence-corrected chi connectivity index (χ3v) is 12.4. The molecule has 3 aromatic carbocycles.